The Labute approximate surface area is 147 Å². The van der Waals surface area contributed by atoms with Gasteiger partial charge in [-0.25, -0.2) is 9.67 Å². The minimum Gasteiger partial charge on any atom is -0.335 e. The lowest BCUT2D eigenvalue weighted by molar-refractivity contribution is -0.135. The number of aromatic nitrogens is 3. The van der Waals surface area contributed by atoms with Gasteiger partial charge in [0.15, 0.2) is 5.82 Å². The van der Waals surface area contributed by atoms with Crippen LogP contribution in [-0.2, 0) is 11.3 Å². The Bertz CT molecular complexity index is 828. The largest absolute Gasteiger partial charge is 0.335 e. The molecule has 25 heavy (non-hydrogen) atoms. The molecule has 2 saturated carbocycles. The fraction of sp³-hybridized carbons (Fsp3) is 0.474. The monoisotopic (exact) mass is 335 g/mol. The molecule has 1 aromatic heterocycles. The number of amides is 1. The van der Waals surface area contributed by atoms with Crippen molar-refractivity contribution in [2.24, 2.45) is 5.92 Å². The van der Waals surface area contributed by atoms with Crippen LogP contribution in [0.4, 0.5) is 0 Å². The Kier molecular flexibility index (Phi) is 4.00. The minimum atomic E-state index is 0.116. The third kappa shape index (κ3) is 3.27. The quantitative estimate of drug-likeness (QED) is 0.813. The summed E-state index contributed by atoms with van der Waals surface area (Å²) in [5.41, 5.74) is 1.37. The number of carbonyl (C=O) groups excluding carboxylic acids is 1. The zero-order chi connectivity index (χ0) is 17.4. The van der Waals surface area contributed by atoms with Gasteiger partial charge in [0.05, 0.1) is 11.6 Å². The fourth-order valence-corrected chi connectivity index (χ4v) is 3.46. The van der Waals surface area contributed by atoms with Gasteiger partial charge in [-0.3, -0.25) is 4.79 Å². The highest BCUT2D eigenvalue weighted by Crippen LogP contribution is 2.39. The first-order valence-corrected chi connectivity index (χ1v) is 8.87. The maximum Gasteiger partial charge on any atom is 0.244 e. The summed E-state index contributed by atoms with van der Waals surface area (Å²) in [5.74, 6) is 1.40. The van der Waals surface area contributed by atoms with Crippen LogP contribution in [0.3, 0.4) is 0 Å². The molecule has 0 radical (unpaired) electrons. The number of carbonyl (C=O) groups is 1. The van der Waals surface area contributed by atoms with Gasteiger partial charge in [-0.15, -0.1) is 0 Å². The number of nitrogens with zero attached hydrogens (tertiary/aromatic N) is 5. The average Bonchev–Trinajstić information content (AvgIpc) is 3.54. The van der Waals surface area contributed by atoms with Crippen LogP contribution in [0.1, 0.15) is 38.2 Å². The van der Waals surface area contributed by atoms with E-state index in [2.05, 4.69) is 28.0 Å². The van der Waals surface area contributed by atoms with Gasteiger partial charge in [0, 0.05) is 17.6 Å². The van der Waals surface area contributed by atoms with E-state index in [1.54, 1.807) is 16.8 Å². The molecule has 128 valence electrons. The molecule has 0 spiro atoms. The molecule has 0 unspecified atom stereocenters. The first-order chi connectivity index (χ1) is 12.2. The summed E-state index contributed by atoms with van der Waals surface area (Å²) in [6.45, 7) is 2.37. The van der Waals surface area contributed by atoms with E-state index in [4.69, 9.17) is 5.26 Å². The molecule has 2 fully saturated rings. The van der Waals surface area contributed by atoms with Gasteiger partial charge in [0.1, 0.15) is 12.9 Å². The molecule has 2 aliphatic carbocycles. The van der Waals surface area contributed by atoms with Crippen LogP contribution in [0.25, 0.3) is 11.4 Å². The summed E-state index contributed by atoms with van der Waals surface area (Å²) in [4.78, 5) is 19.3. The predicted molar refractivity (Wildman–Crippen MR) is 92.2 cm³/mol. The van der Waals surface area contributed by atoms with Crippen molar-refractivity contribution in [2.75, 3.05) is 0 Å². The van der Waals surface area contributed by atoms with Crippen LogP contribution in [-0.4, -0.2) is 37.7 Å². The molecule has 6 heteroatoms. The molecule has 0 N–H and O–H groups in total. The van der Waals surface area contributed by atoms with E-state index < -0.39 is 0 Å². The van der Waals surface area contributed by atoms with E-state index in [0.717, 1.165) is 18.4 Å². The molecular weight excluding hydrogens is 314 g/mol. The maximum atomic E-state index is 13.0. The Balaban J connectivity index is 1.55. The summed E-state index contributed by atoms with van der Waals surface area (Å²) in [5, 5.41) is 13.3. The number of hydrogen-bond donors (Lipinski definition) is 0. The number of hydrogen-bond acceptors (Lipinski definition) is 4. The molecule has 0 aliphatic heterocycles. The van der Waals surface area contributed by atoms with Crippen molar-refractivity contribution in [3.63, 3.8) is 0 Å². The summed E-state index contributed by atoms with van der Waals surface area (Å²) in [7, 11) is 0. The van der Waals surface area contributed by atoms with Crippen molar-refractivity contribution in [1.29, 1.82) is 5.26 Å². The van der Waals surface area contributed by atoms with Crippen LogP contribution in [0, 0.1) is 17.2 Å². The molecule has 1 atom stereocenters. The molecular formula is C19H21N5O. The van der Waals surface area contributed by atoms with E-state index in [0.29, 0.717) is 29.4 Å². The first-order valence-electron chi connectivity index (χ1n) is 8.87. The molecule has 1 heterocycles. The second-order valence-electron chi connectivity index (χ2n) is 7.04. The van der Waals surface area contributed by atoms with Crippen LogP contribution >= 0.6 is 0 Å². The maximum absolute atomic E-state index is 13.0. The zero-order valence-electron chi connectivity index (χ0n) is 14.3. The third-order valence-electron chi connectivity index (χ3n) is 5.12. The van der Waals surface area contributed by atoms with Crippen molar-refractivity contribution in [2.45, 2.75) is 51.2 Å². The van der Waals surface area contributed by atoms with E-state index in [1.807, 2.05) is 12.1 Å². The predicted octanol–water partition coefficient (Wildman–Crippen LogP) is 2.61. The van der Waals surface area contributed by atoms with Crippen molar-refractivity contribution < 1.29 is 4.79 Å². The number of rotatable bonds is 6. The zero-order valence-corrected chi connectivity index (χ0v) is 14.3. The van der Waals surface area contributed by atoms with Gasteiger partial charge in [-0.05, 0) is 50.7 Å². The minimum absolute atomic E-state index is 0.116. The lowest BCUT2D eigenvalue weighted by atomic mass is 10.1. The van der Waals surface area contributed by atoms with Crippen molar-refractivity contribution >= 4 is 5.91 Å². The van der Waals surface area contributed by atoms with E-state index in [-0.39, 0.29) is 12.5 Å². The highest BCUT2D eigenvalue weighted by Gasteiger charge is 2.41. The van der Waals surface area contributed by atoms with Crippen molar-refractivity contribution in [3.8, 4) is 17.5 Å². The Hall–Kier alpha value is -2.68. The Morgan fingerprint density at radius 2 is 2.20 bits per heavy atom. The molecule has 2 aliphatic rings. The molecule has 6 nitrogen and oxygen atoms in total. The van der Waals surface area contributed by atoms with Crippen molar-refractivity contribution in [3.05, 3.63) is 36.2 Å². The van der Waals surface area contributed by atoms with Gasteiger partial charge in [-0.1, -0.05) is 12.1 Å². The summed E-state index contributed by atoms with van der Waals surface area (Å²) in [6.07, 6.45) is 6.14. The smallest absolute Gasteiger partial charge is 0.244 e. The molecule has 4 rings (SSSR count). The van der Waals surface area contributed by atoms with Gasteiger partial charge >= 0.3 is 0 Å². The topological polar surface area (TPSA) is 74.8 Å². The highest BCUT2D eigenvalue weighted by molar-refractivity contribution is 5.77. The molecule has 1 amide bonds. The van der Waals surface area contributed by atoms with Crippen molar-refractivity contribution in [1.82, 2.24) is 19.7 Å². The summed E-state index contributed by atoms with van der Waals surface area (Å²) in [6, 6.07) is 10.1. The Morgan fingerprint density at radius 1 is 1.40 bits per heavy atom. The second-order valence-corrected chi connectivity index (χ2v) is 7.04. The van der Waals surface area contributed by atoms with Gasteiger partial charge < -0.3 is 4.90 Å². The fourth-order valence-electron chi connectivity index (χ4n) is 3.46. The van der Waals surface area contributed by atoms with Crippen LogP contribution in [0.5, 0.6) is 0 Å². The summed E-state index contributed by atoms with van der Waals surface area (Å²) < 4.78 is 1.65. The molecule has 0 bridgehead atoms. The van der Waals surface area contributed by atoms with Gasteiger partial charge in [0.25, 0.3) is 0 Å². The van der Waals surface area contributed by atoms with E-state index in [9.17, 15) is 4.79 Å². The van der Waals surface area contributed by atoms with E-state index in [1.165, 1.54) is 19.2 Å². The van der Waals surface area contributed by atoms with E-state index >= 15 is 0 Å². The average molecular weight is 335 g/mol. The Morgan fingerprint density at radius 3 is 2.88 bits per heavy atom. The molecule has 1 aromatic carbocycles. The molecule has 0 saturated heterocycles. The SMILES string of the molecule is C[C@H](C1CC1)N(C(=O)Cn1ncnc1-c1cccc(C#N)c1)C1CC1. The van der Waals surface area contributed by atoms with Gasteiger partial charge in [0.2, 0.25) is 5.91 Å². The first kappa shape index (κ1) is 15.8. The lowest BCUT2D eigenvalue weighted by Crippen LogP contribution is -2.43. The lowest BCUT2D eigenvalue weighted by Gasteiger charge is -2.29. The molecule has 2 aromatic rings. The number of nitriles is 1. The standard InChI is InChI=1S/C19H21N5O/c1-13(15-5-6-15)24(17-7-8-17)18(25)11-23-19(21-12-22-23)16-4-2-3-14(9-16)10-20/h2-4,9,12-13,15,17H,5-8,11H2,1H3/t13-/m1/s1. The van der Waals surface area contributed by atoms with Crippen LogP contribution < -0.4 is 0 Å². The normalized spacial score (nSPS) is 17.8. The highest BCUT2D eigenvalue weighted by atomic mass is 16.2. The van der Waals surface area contributed by atoms with Crippen LogP contribution in [0.15, 0.2) is 30.6 Å². The van der Waals surface area contributed by atoms with Crippen LogP contribution in [0.2, 0.25) is 0 Å². The van der Waals surface area contributed by atoms with Gasteiger partial charge in [-0.2, -0.15) is 10.4 Å². The second kappa shape index (κ2) is 6.32. The summed E-state index contributed by atoms with van der Waals surface area (Å²) >= 11 is 0. The number of benzene rings is 1. The third-order valence-corrected chi connectivity index (χ3v) is 5.12.